The van der Waals surface area contributed by atoms with Crippen LogP contribution >= 0.6 is 0 Å². The quantitative estimate of drug-likeness (QED) is 0.598. The van der Waals surface area contributed by atoms with Gasteiger partial charge >= 0.3 is 0 Å². The van der Waals surface area contributed by atoms with Gasteiger partial charge in [-0.05, 0) is 45.8 Å². The fraction of sp³-hybridized carbons (Fsp3) is 0.684. The molecule has 2 heterocycles. The highest BCUT2D eigenvalue weighted by Gasteiger charge is 2.05. The van der Waals surface area contributed by atoms with E-state index < -0.39 is 0 Å². The Bertz CT molecular complexity index is 522. The number of hydrogen-bond donors (Lipinski definition) is 0. The molecule has 2 aromatic heterocycles. The van der Waals surface area contributed by atoms with E-state index in [1.165, 1.54) is 24.5 Å². The topological polar surface area (TPSA) is 38.9 Å². The molecule has 0 saturated carbocycles. The maximum absolute atomic E-state index is 4.49. The van der Waals surface area contributed by atoms with E-state index in [0.29, 0.717) is 0 Å². The van der Waals surface area contributed by atoms with Crippen LogP contribution in [0.15, 0.2) is 24.8 Å². The number of nitrogens with zero attached hydrogens (tertiary/aromatic N) is 5. The molecule has 0 saturated heterocycles. The molecule has 0 aliphatic rings. The Balaban J connectivity index is 1.63. The first-order valence-corrected chi connectivity index (χ1v) is 9.43. The minimum Gasteiger partial charge on any atom is -0.335 e. The second-order valence-corrected chi connectivity index (χ2v) is 6.58. The van der Waals surface area contributed by atoms with Crippen LogP contribution in [0.1, 0.15) is 51.2 Å². The van der Waals surface area contributed by atoms with E-state index in [1.54, 1.807) is 0 Å². The van der Waals surface area contributed by atoms with Crippen LogP contribution < -0.4 is 0 Å². The molecule has 134 valence electrons. The number of aromatic nitrogens is 4. The minimum absolute atomic E-state index is 1.07. The van der Waals surface area contributed by atoms with E-state index in [9.17, 15) is 0 Å². The summed E-state index contributed by atoms with van der Waals surface area (Å²) >= 11 is 0. The SMILES string of the molecule is CCCn1ccnc1CCCN(C)CCCc1nccn1CCC. The summed E-state index contributed by atoms with van der Waals surface area (Å²) in [5, 5.41) is 0. The molecule has 0 fully saturated rings. The van der Waals surface area contributed by atoms with Gasteiger partial charge in [0.2, 0.25) is 0 Å². The van der Waals surface area contributed by atoms with Crippen LogP contribution in [0.5, 0.6) is 0 Å². The van der Waals surface area contributed by atoms with Crippen molar-refractivity contribution < 1.29 is 0 Å². The predicted molar refractivity (Wildman–Crippen MR) is 99.2 cm³/mol. The highest BCUT2D eigenvalue weighted by molar-refractivity contribution is 4.93. The molecule has 2 aromatic rings. The molecule has 0 spiro atoms. The third-order valence-electron chi connectivity index (χ3n) is 4.41. The lowest BCUT2D eigenvalue weighted by atomic mass is 10.2. The van der Waals surface area contributed by atoms with Gasteiger partial charge in [-0.15, -0.1) is 0 Å². The van der Waals surface area contributed by atoms with Gasteiger partial charge in [-0.2, -0.15) is 0 Å². The zero-order valence-corrected chi connectivity index (χ0v) is 15.6. The zero-order chi connectivity index (χ0) is 17.2. The van der Waals surface area contributed by atoms with Crippen LogP contribution in [0.2, 0.25) is 0 Å². The third kappa shape index (κ3) is 5.78. The first-order chi connectivity index (χ1) is 11.7. The van der Waals surface area contributed by atoms with Crippen LogP contribution in [0.25, 0.3) is 0 Å². The zero-order valence-electron chi connectivity index (χ0n) is 15.6. The summed E-state index contributed by atoms with van der Waals surface area (Å²) in [5.74, 6) is 2.46. The maximum atomic E-state index is 4.49. The molecule has 0 amide bonds. The molecule has 24 heavy (non-hydrogen) atoms. The first kappa shape index (κ1) is 18.7. The standard InChI is InChI=1S/C19H33N5/c1-4-12-23-16-10-20-18(23)8-6-14-22(3)15-7-9-19-21-11-17-24(19)13-5-2/h10-11,16-17H,4-9,12-15H2,1-3H3. The van der Waals surface area contributed by atoms with Crippen molar-refractivity contribution >= 4 is 0 Å². The highest BCUT2D eigenvalue weighted by atomic mass is 15.1. The van der Waals surface area contributed by atoms with Gasteiger partial charge in [0.05, 0.1) is 0 Å². The van der Waals surface area contributed by atoms with Gasteiger partial charge in [0, 0.05) is 50.7 Å². The lowest BCUT2D eigenvalue weighted by Gasteiger charge is -2.16. The van der Waals surface area contributed by atoms with Crippen LogP contribution in [-0.2, 0) is 25.9 Å². The fourth-order valence-electron chi connectivity index (χ4n) is 3.15. The lowest BCUT2D eigenvalue weighted by Crippen LogP contribution is -2.22. The van der Waals surface area contributed by atoms with Crippen molar-refractivity contribution in [3.8, 4) is 0 Å². The van der Waals surface area contributed by atoms with E-state index in [1.807, 2.05) is 12.4 Å². The summed E-state index contributed by atoms with van der Waals surface area (Å²) in [6.45, 7) is 8.84. The monoisotopic (exact) mass is 331 g/mol. The summed E-state index contributed by atoms with van der Waals surface area (Å²) in [5.41, 5.74) is 0. The van der Waals surface area contributed by atoms with Gasteiger partial charge in [-0.3, -0.25) is 0 Å². The van der Waals surface area contributed by atoms with Gasteiger partial charge < -0.3 is 14.0 Å². The maximum Gasteiger partial charge on any atom is 0.108 e. The molecular formula is C19H33N5. The molecule has 0 radical (unpaired) electrons. The summed E-state index contributed by atoms with van der Waals surface area (Å²) in [7, 11) is 2.22. The molecule has 0 N–H and O–H groups in total. The van der Waals surface area contributed by atoms with Crippen molar-refractivity contribution in [2.75, 3.05) is 20.1 Å². The Labute approximate surface area is 146 Å². The molecule has 5 heteroatoms. The summed E-state index contributed by atoms with van der Waals surface area (Å²) < 4.78 is 4.57. The Morgan fingerprint density at radius 1 is 0.833 bits per heavy atom. The molecule has 0 aliphatic carbocycles. The molecule has 2 rings (SSSR count). The van der Waals surface area contributed by atoms with Crippen molar-refractivity contribution in [2.45, 2.75) is 65.5 Å². The molecule has 0 aliphatic heterocycles. The minimum atomic E-state index is 1.07. The average molecular weight is 332 g/mol. The van der Waals surface area contributed by atoms with Gasteiger partial charge in [0.15, 0.2) is 0 Å². The summed E-state index contributed by atoms with van der Waals surface area (Å²) in [6, 6.07) is 0. The smallest absolute Gasteiger partial charge is 0.108 e. The van der Waals surface area contributed by atoms with Crippen molar-refractivity contribution in [3.63, 3.8) is 0 Å². The van der Waals surface area contributed by atoms with E-state index in [4.69, 9.17) is 0 Å². The van der Waals surface area contributed by atoms with E-state index in [-0.39, 0.29) is 0 Å². The van der Waals surface area contributed by atoms with Crippen LogP contribution in [0.4, 0.5) is 0 Å². The van der Waals surface area contributed by atoms with Crippen molar-refractivity contribution in [3.05, 3.63) is 36.4 Å². The Kier molecular flexibility index (Phi) is 8.02. The van der Waals surface area contributed by atoms with E-state index in [2.05, 4.69) is 57.3 Å². The van der Waals surface area contributed by atoms with Crippen molar-refractivity contribution in [2.24, 2.45) is 0 Å². The summed E-state index contributed by atoms with van der Waals surface area (Å²) in [6.07, 6.45) is 14.8. The largest absolute Gasteiger partial charge is 0.335 e. The average Bonchev–Trinajstić information content (AvgIpc) is 3.18. The van der Waals surface area contributed by atoms with Crippen molar-refractivity contribution in [1.29, 1.82) is 0 Å². The van der Waals surface area contributed by atoms with Crippen LogP contribution in [0.3, 0.4) is 0 Å². The van der Waals surface area contributed by atoms with Crippen molar-refractivity contribution in [1.82, 2.24) is 24.0 Å². The number of rotatable bonds is 12. The second kappa shape index (κ2) is 10.3. The van der Waals surface area contributed by atoms with Gasteiger partial charge in [0.25, 0.3) is 0 Å². The normalized spacial score (nSPS) is 11.5. The van der Waals surface area contributed by atoms with Gasteiger partial charge in [-0.1, -0.05) is 13.8 Å². The Morgan fingerprint density at radius 2 is 1.29 bits per heavy atom. The second-order valence-electron chi connectivity index (χ2n) is 6.58. The van der Waals surface area contributed by atoms with Gasteiger partial charge in [-0.25, -0.2) is 9.97 Å². The first-order valence-electron chi connectivity index (χ1n) is 9.43. The third-order valence-corrected chi connectivity index (χ3v) is 4.41. The molecular weight excluding hydrogens is 298 g/mol. The summed E-state index contributed by atoms with van der Waals surface area (Å²) in [4.78, 5) is 11.4. The number of aryl methyl sites for hydroxylation is 4. The number of imidazole rings is 2. The Morgan fingerprint density at radius 3 is 1.71 bits per heavy atom. The Hall–Kier alpha value is -1.62. The lowest BCUT2D eigenvalue weighted by molar-refractivity contribution is 0.322. The molecule has 0 atom stereocenters. The molecule has 0 unspecified atom stereocenters. The van der Waals surface area contributed by atoms with Crippen LogP contribution in [-0.4, -0.2) is 44.1 Å². The molecule has 5 nitrogen and oxygen atoms in total. The van der Waals surface area contributed by atoms with Gasteiger partial charge in [0.1, 0.15) is 11.6 Å². The van der Waals surface area contributed by atoms with E-state index in [0.717, 1.165) is 51.9 Å². The van der Waals surface area contributed by atoms with Crippen LogP contribution in [0, 0.1) is 0 Å². The number of hydrogen-bond acceptors (Lipinski definition) is 3. The molecule has 0 aromatic carbocycles. The highest BCUT2D eigenvalue weighted by Crippen LogP contribution is 2.06. The molecule has 0 bridgehead atoms. The van der Waals surface area contributed by atoms with E-state index >= 15 is 0 Å². The predicted octanol–water partition coefficient (Wildman–Crippen LogP) is 3.40. The fourth-order valence-corrected chi connectivity index (χ4v) is 3.15.